The number of aromatic nitrogens is 2. The van der Waals surface area contributed by atoms with E-state index in [1.54, 1.807) is 32.9 Å². The Kier molecular flexibility index (Phi) is 6.98. The summed E-state index contributed by atoms with van der Waals surface area (Å²) in [5, 5.41) is 9.91. The van der Waals surface area contributed by atoms with Crippen molar-refractivity contribution in [2.24, 2.45) is 0 Å². The lowest BCUT2D eigenvalue weighted by Crippen LogP contribution is -2.36. The average molecular weight is 458 g/mol. The number of carbonyl (C=O) groups is 1. The Morgan fingerprint density at radius 1 is 1.06 bits per heavy atom. The third-order valence-electron chi connectivity index (χ3n) is 4.57. The van der Waals surface area contributed by atoms with E-state index in [9.17, 15) is 13.2 Å². The van der Waals surface area contributed by atoms with Crippen LogP contribution in [0.25, 0.3) is 0 Å². The van der Waals surface area contributed by atoms with Crippen molar-refractivity contribution in [2.75, 3.05) is 0 Å². The number of alkyl carbamates (subject to hydrolysis) is 1. The fourth-order valence-electron chi connectivity index (χ4n) is 3.03. The molecular weight excluding hydrogens is 430 g/mol. The summed E-state index contributed by atoms with van der Waals surface area (Å²) in [6, 6.07) is 15.8. The van der Waals surface area contributed by atoms with E-state index in [-0.39, 0.29) is 11.6 Å². The van der Waals surface area contributed by atoms with Gasteiger partial charge in [-0.15, -0.1) is 5.10 Å². The number of sulfone groups is 1. The molecule has 0 saturated heterocycles. The van der Waals surface area contributed by atoms with Crippen LogP contribution in [0.15, 0.2) is 64.2 Å². The van der Waals surface area contributed by atoms with Gasteiger partial charge in [-0.2, -0.15) is 0 Å². The van der Waals surface area contributed by atoms with Crippen LogP contribution in [-0.4, -0.2) is 30.3 Å². The van der Waals surface area contributed by atoms with Gasteiger partial charge < -0.3 is 14.5 Å². The van der Waals surface area contributed by atoms with Crippen LogP contribution in [0.4, 0.5) is 4.79 Å². The second-order valence-corrected chi connectivity index (χ2v) is 10.3. The van der Waals surface area contributed by atoms with Gasteiger partial charge in [-0.1, -0.05) is 59.7 Å². The van der Waals surface area contributed by atoms with Gasteiger partial charge in [-0.3, -0.25) is 0 Å². The van der Waals surface area contributed by atoms with Gasteiger partial charge in [0.25, 0.3) is 0 Å². The molecule has 0 spiro atoms. The van der Waals surface area contributed by atoms with E-state index in [0.29, 0.717) is 12.0 Å². The van der Waals surface area contributed by atoms with Crippen molar-refractivity contribution in [2.45, 2.75) is 56.7 Å². The van der Waals surface area contributed by atoms with Crippen LogP contribution in [0, 0.1) is 6.92 Å². The molecule has 3 aromatic rings. The minimum Gasteiger partial charge on any atom is -0.444 e. The van der Waals surface area contributed by atoms with Gasteiger partial charge in [0.05, 0.1) is 5.75 Å². The maximum absolute atomic E-state index is 12.8. The number of hydrogen-bond acceptors (Lipinski definition) is 7. The molecule has 1 N–H and O–H groups in total. The van der Waals surface area contributed by atoms with E-state index in [0.717, 1.165) is 11.1 Å². The normalized spacial score (nSPS) is 12.9. The maximum atomic E-state index is 12.8. The fourth-order valence-corrected chi connectivity index (χ4v) is 4.26. The Balaban J connectivity index is 1.85. The second-order valence-electron chi connectivity index (χ2n) is 8.48. The van der Waals surface area contributed by atoms with Gasteiger partial charge in [-0.25, -0.2) is 13.2 Å². The lowest BCUT2D eigenvalue weighted by molar-refractivity contribution is 0.0494. The predicted octanol–water partition coefficient (Wildman–Crippen LogP) is 4.16. The largest absolute Gasteiger partial charge is 0.444 e. The Morgan fingerprint density at radius 2 is 1.72 bits per heavy atom. The molecule has 9 heteroatoms. The van der Waals surface area contributed by atoms with Crippen molar-refractivity contribution < 1.29 is 22.4 Å². The summed E-state index contributed by atoms with van der Waals surface area (Å²) in [4.78, 5) is 12.4. The first kappa shape index (κ1) is 23.5. The zero-order valence-corrected chi connectivity index (χ0v) is 19.3. The highest BCUT2D eigenvalue weighted by molar-refractivity contribution is 7.90. The first-order chi connectivity index (χ1) is 15.0. The topological polar surface area (TPSA) is 111 Å². The molecule has 1 aromatic heterocycles. The summed E-state index contributed by atoms with van der Waals surface area (Å²) in [6.07, 6.45) is -0.347. The molecule has 1 amide bonds. The van der Waals surface area contributed by atoms with Crippen LogP contribution < -0.4 is 5.32 Å². The summed E-state index contributed by atoms with van der Waals surface area (Å²) < 4.78 is 36.6. The van der Waals surface area contributed by atoms with Gasteiger partial charge in [0.2, 0.25) is 15.7 Å². The van der Waals surface area contributed by atoms with Crippen LogP contribution >= 0.6 is 0 Å². The molecule has 1 heterocycles. The van der Waals surface area contributed by atoms with Crippen molar-refractivity contribution in [1.29, 1.82) is 0 Å². The third-order valence-corrected chi connectivity index (χ3v) is 5.95. The summed E-state index contributed by atoms with van der Waals surface area (Å²) in [5.41, 5.74) is 1.71. The Hall–Kier alpha value is -3.20. The lowest BCUT2D eigenvalue weighted by atomic mass is 10.1. The molecule has 1 atom stereocenters. The summed E-state index contributed by atoms with van der Waals surface area (Å²) >= 11 is 0. The predicted molar refractivity (Wildman–Crippen MR) is 119 cm³/mol. The maximum Gasteiger partial charge on any atom is 0.408 e. The molecular formula is C23H27N3O5S. The Morgan fingerprint density at radius 3 is 2.38 bits per heavy atom. The summed E-state index contributed by atoms with van der Waals surface area (Å²) in [5.74, 6) is -0.271. The Bertz CT molecular complexity index is 1170. The number of rotatable bonds is 7. The second kappa shape index (κ2) is 9.52. The quantitative estimate of drug-likeness (QED) is 0.567. The van der Waals surface area contributed by atoms with E-state index in [2.05, 4.69) is 15.5 Å². The summed E-state index contributed by atoms with van der Waals surface area (Å²) in [7, 11) is -3.86. The third kappa shape index (κ3) is 6.40. The molecule has 2 aromatic carbocycles. The number of ether oxygens (including phenoxy) is 1. The molecule has 0 bridgehead atoms. The number of nitrogens with one attached hydrogen (secondary N) is 1. The van der Waals surface area contributed by atoms with Crippen LogP contribution in [0.2, 0.25) is 0 Å². The van der Waals surface area contributed by atoms with Crippen molar-refractivity contribution in [3.05, 3.63) is 77.2 Å². The van der Waals surface area contributed by atoms with E-state index in [1.165, 1.54) is 0 Å². The van der Waals surface area contributed by atoms with Crippen molar-refractivity contribution in [3.63, 3.8) is 0 Å². The lowest BCUT2D eigenvalue weighted by Gasteiger charge is -2.22. The van der Waals surface area contributed by atoms with Gasteiger partial charge >= 0.3 is 11.3 Å². The van der Waals surface area contributed by atoms with Crippen LogP contribution in [-0.2, 0) is 26.7 Å². The highest BCUT2D eigenvalue weighted by Crippen LogP contribution is 2.23. The van der Waals surface area contributed by atoms with Crippen LogP contribution in [0.3, 0.4) is 0 Å². The molecule has 8 nitrogen and oxygen atoms in total. The number of benzene rings is 2. The minimum atomic E-state index is -3.86. The monoisotopic (exact) mass is 457 g/mol. The minimum absolute atomic E-state index is 0.0110. The molecule has 3 rings (SSSR count). The van der Waals surface area contributed by atoms with E-state index in [1.807, 2.05) is 49.4 Å². The van der Waals surface area contributed by atoms with E-state index in [4.69, 9.17) is 9.15 Å². The highest BCUT2D eigenvalue weighted by Gasteiger charge is 2.29. The van der Waals surface area contributed by atoms with E-state index < -0.39 is 32.8 Å². The molecule has 0 unspecified atom stereocenters. The number of aryl methyl sites for hydroxylation is 1. The Labute approximate surface area is 187 Å². The molecule has 32 heavy (non-hydrogen) atoms. The van der Waals surface area contributed by atoms with Gasteiger partial charge in [0, 0.05) is 6.42 Å². The van der Waals surface area contributed by atoms with Crippen molar-refractivity contribution in [1.82, 2.24) is 15.5 Å². The zero-order chi connectivity index (χ0) is 23.4. The zero-order valence-electron chi connectivity index (χ0n) is 18.5. The number of hydrogen-bond donors (Lipinski definition) is 1. The standard InChI is InChI=1S/C23H27N3O5S/c1-16-10-8-9-13-18(16)15-32(28,29)22-26-25-20(30-22)19(14-17-11-6-5-7-12-17)24-21(27)31-23(2,3)4/h5-13,19H,14-15H2,1-4H3,(H,24,27)/t19-/m1/s1. The molecule has 0 aliphatic carbocycles. The smallest absolute Gasteiger partial charge is 0.408 e. The van der Waals surface area contributed by atoms with E-state index >= 15 is 0 Å². The van der Waals surface area contributed by atoms with Gasteiger partial charge in [0.15, 0.2) is 0 Å². The number of nitrogens with zero attached hydrogens (tertiary/aromatic N) is 2. The molecule has 0 fully saturated rings. The number of amides is 1. The van der Waals surface area contributed by atoms with Gasteiger partial charge in [-0.05, 0) is 44.4 Å². The molecule has 170 valence electrons. The van der Waals surface area contributed by atoms with Crippen LogP contribution in [0.5, 0.6) is 0 Å². The van der Waals surface area contributed by atoms with Crippen molar-refractivity contribution in [3.8, 4) is 0 Å². The first-order valence-electron chi connectivity index (χ1n) is 10.2. The first-order valence-corrected chi connectivity index (χ1v) is 11.8. The molecule has 0 aliphatic heterocycles. The highest BCUT2D eigenvalue weighted by atomic mass is 32.2. The number of carbonyl (C=O) groups excluding carboxylic acids is 1. The molecule has 0 aliphatic rings. The van der Waals surface area contributed by atoms with Crippen molar-refractivity contribution >= 4 is 15.9 Å². The average Bonchev–Trinajstić information content (AvgIpc) is 3.20. The van der Waals surface area contributed by atoms with Gasteiger partial charge in [0.1, 0.15) is 11.6 Å². The molecule has 0 radical (unpaired) electrons. The molecule has 0 saturated carbocycles. The fraction of sp³-hybridized carbons (Fsp3) is 0.348. The summed E-state index contributed by atoms with van der Waals surface area (Å²) in [6.45, 7) is 7.09. The SMILES string of the molecule is Cc1ccccc1CS(=O)(=O)c1nnc([C@@H](Cc2ccccc2)NC(=O)OC(C)(C)C)o1. The van der Waals surface area contributed by atoms with Crippen LogP contribution in [0.1, 0.15) is 49.4 Å².